The van der Waals surface area contributed by atoms with Crippen molar-refractivity contribution in [2.24, 2.45) is 0 Å². The van der Waals surface area contributed by atoms with Crippen molar-refractivity contribution in [2.75, 3.05) is 9.62 Å². The molecule has 1 unspecified atom stereocenters. The number of carbonyl (C=O) groups is 2. The second-order valence-corrected chi connectivity index (χ2v) is 8.19. The van der Waals surface area contributed by atoms with Crippen molar-refractivity contribution in [1.29, 1.82) is 0 Å². The third-order valence-electron chi connectivity index (χ3n) is 3.61. The van der Waals surface area contributed by atoms with Crippen LogP contribution in [0.4, 0.5) is 11.4 Å². The number of carbonyl (C=O) groups excluding carboxylic acids is 1. The number of nitrogens with one attached hydrogen (secondary N) is 1. The zero-order chi connectivity index (χ0) is 20.4. The molecule has 1 amide bonds. The van der Waals surface area contributed by atoms with E-state index in [-0.39, 0.29) is 26.5 Å². The van der Waals surface area contributed by atoms with Gasteiger partial charge in [-0.1, -0.05) is 29.3 Å². The van der Waals surface area contributed by atoms with Crippen LogP contribution in [-0.4, -0.2) is 31.4 Å². The molecule has 0 aliphatic rings. The minimum absolute atomic E-state index is 0.0509. The first-order valence-electron chi connectivity index (χ1n) is 7.64. The number of nitrogens with zero attached hydrogens (tertiary/aromatic N) is 1. The van der Waals surface area contributed by atoms with Gasteiger partial charge >= 0.3 is 5.97 Å². The van der Waals surface area contributed by atoms with E-state index in [0.29, 0.717) is 9.99 Å². The van der Waals surface area contributed by atoms with Crippen molar-refractivity contribution in [3.8, 4) is 0 Å². The van der Waals surface area contributed by atoms with Gasteiger partial charge in [0.25, 0.3) is 10.0 Å². The molecule has 0 aromatic heterocycles. The standard InChI is InChI=1S/C17H16Cl2N2O5S/c1-10(17(23)24)21(15-5-3-4-14(18)16(15)19)27(25,26)13-8-6-12(7-9-13)20-11(2)22/h3-10H,1-2H3,(H,20,22)(H,23,24). The molecule has 0 heterocycles. The van der Waals surface area contributed by atoms with E-state index in [1.54, 1.807) is 0 Å². The predicted octanol–water partition coefficient (Wildman–Crippen LogP) is 3.62. The molecule has 0 fully saturated rings. The summed E-state index contributed by atoms with van der Waals surface area (Å²) in [7, 11) is -4.29. The summed E-state index contributed by atoms with van der Waals surface area (Å²) in [6.45, 7) is 2.55. The van der Waals surface area contributed by atoms with Gasteiger partial charge in [0.1, 0.15) is 6.04 Å². The molecule has 1 atom stereocenters. The minimum atomic E-state index is -4.29. The number of hydrogen-bond acceptors (Lipinski definition) is 4. The van der Waals surface area contributed by atoms with Crippen LogP contribution in [0.3, 0.4) is 0 Å². The average Bonchev–Trinajstić information content (AvgIpc) is 2.58. The highest BCUT2D eigenvalue weighted by Gasteiger charge is 2.35. The van der Waals surface area contributed by atoms with Crippen molar-refractivity contribution in [2.45, 2.75) is 24.8 Å². The van der Waals surface area contributed by atoms with Gasteiger partial charge in [-0.15, -0.1) is 0 Å². The largest absolute Gasteiger partial charge is 0.480 e. The summed E-state index contributed by atoms with van der Waals surface area (Å²) in [6.07, 6.45) is 0. The Morgan fingerprint density at radius 1 is 1.11 bits per heavy atom. The maximum absolute atomic E-state index is 13.1. The van der Waals surface area contributed by atoms with Gasteiger partial charge in [0.05, 0.1) is 20.6 Å². The Morgan fingerprint density at radius 3 is 2.22 bits per heavy atom. The lowest BCUT2D eigenvalue weighted by Gasteiger charge is -2.29. The molecule has 2 aromatic rings. The number of amides is 1. The number of anilines is 2. The van der Waals surface area contributed by atoms with Gasteiger partial charge in [0.15, 0.2) is 0 Å². The quantitative estimate of drug-likeness (QED) is 0.727. The number of halogens is 2. The van der Waals surface area contributed by atoms with Crippen LogP contribution >= 0.6 is 23.2 Å². The molecule has 2 aromatic carbocycles. The predicted molar refractivity (Wildman–Crippen MR) is 104 cm³/mol. The Morgan fingerprint density at radius 2 is 1.70 bits per heavy atom. The summed E-state index contributed by atoms with van der Waals surface area (Å²) < 4.78 is 27.0. The van der Waals surface area contributed by atoms with Gasteiger partial charge in [-0.3, -0.25) is 9.10 Å². The fourth-order valence-electron chi connectivity index (χ4n) is 2.34. The van der Waals surface area contributed by atoms with E-state index in [9.17, 15) is 23.1 Å². The van der Waals surface area contributed by atoms with Crippen molar-refractivity contribution in [1.82, 2.24) is 0 Å². The van der Waals surface area contributed by atoms with E-state index < -0.39 is 22.0 Å². The average molecular weight is 431 g/mol. The number of carboxylic acids is 1. The van der Waals surface area contributed by atoms with Gasteiger partial charge in [-0.05, 0) is 43.3 Å². The zero-order valence-electron chi connectivity index (χ0n) is 14.3. The molecular formula is C17H16Cl2N2O5S. The third kappa shape index (κ3) is 4.52. The SMILES string of the molecule is CC(=O)Nc1ccc(S(=O)(=O)N(c2cccc(Cl)c2Cl)C(C)C(=O)O)cc1. The highest BCUT2D eigenvalue weighted by molar-refractivity contribution is 7.93. The maximum atomic E-state index is 13.1. The number of carboxylic acid groups (broad SMARTS) is 1. The van der Waals surface area contributed by atoms with E-state index >= 15 is 0 Å². The van der Waals surface area contributed by atoms with Crippen LogP contribution in [0.5, 0.6) is 0 Å². The van der Waals surface area contributed by atoms with E-state index in [1.807, 2.05) is 0 Å². The molecule has 27 heavy (non-hydrogen) atoms. The van der Waals surface area contributed by atoms with Gasteiger partial charge in [0, 0.05) is 12.6 Å². The number of benzene rings is 2. The molecule has 0 aliphatic carbocycles. The number of sulfonamides is 1. The molecule has 0 saturated heterocycles. The van der Waals surface area contributed by atoms with Crippen molar-refractivity contribution in [3.05, 3.63) is 52.5 Å². The monoisotopic (exact) mass is 430 g/mol. The lowest BCUT2D eigenvalue weighted by atomic mass is 10.2. The third-order valence-corrected chi connectivity index (χ3v) is 6.32. The Kier molecular flexibility index (Phi) is 6.35. The van der Waals surface area contributed by atoms with Gasteiger partial charge in [-0.2, -0.15) is 0 Å². The van der Waals surface area contributed by atoms with Crippen LogP contribution in [0.15, 0.2) is 47.4 Å². The van der Waals surface area contributed by atoms with E-state index in [0.717, 1.165) is 0 Å². The number of rotatable bonds is 6. The van der Waals surface area contributed by atoms with Crippen LogP contribution in [0.25, 0.3) is 0 Å². The minimum Gasteiger partial charge on any atom is -0.480 e. The first-order valence-corrected chi connectivity index (χ1v) is 9.84. The normalized spacial score (nSPS) is 12.3. The fraction of sp³-hybridized carbons (Fsp3) is 0.176. The molecule has 2 N–H and O–H groups in total. The van der Waals surface area contributed by atoms with Crippen molar-refractivity contribution >= 4 is 56.5 Å². The number of hydrogen-bond donors (Lipinski definition) is 2. The maximum Gasteiger partial charge on any atom is 0.327 e. The van der Waals surface area contributed by atoms with Gasteiger partial charge < -0.3 is 10.4 Å². The van der Waals surface area contributed by atoms with E-state index in [2.05, 4.69) is 5.32 Å². The first kappa shape index (κ1) is 21.0. The summed E-state index contributed by atoms with van der Waals surface area (Å²) in [5.74, 6) is -1.66. The molecule has 10 heteroatoms. The summed E-state index contributed by atoms with van der Waals surface area (Å²) in [5, 5.41) is 11.9. The lowest BCUT2D eigenvalue weighted by Crippen LogP contribution is -2.43. The molecule has 144 valence electrons. The topological polar surface area (TPSA) is 104 Å². The molecule has 0 saturated carbocycles. The Bertz CT molecular complexity index is 977. The number of aliphatic carboxylic acids is 1. The fourth-order valence-corrected chi connectivity index (χ4v) is 4.40. The lowest BCUT2D eigenvalue weighted by molar-refractivity contribution is -0.137. The second kappa shape index (κ2) is 8.16. The van der Waals surface area contributed by atoms with Crippen LogP contribution < -0.4 is 9.62 Å². The molecule has 2 rings (SSSR count). The molecular weight excluding hydrogens is 415 g/mol. The summed E-state index contributed by atoms with van der Waals surface area (Å²) in [6, 6.07) is 8.19. The summed E-state index contributed by atoms with van der Waals surface area (Å²) in [4.78, 5) is 22.5. The van der Waals surface area contributed by atoms with E-state index in [4.69, 9.17) is 23.2 Å². The van der Waals surface area contributed by atoms with Gasteiger partial charge in [-0.25, -0.2) is 13.2 Å². The van der Waals surface area contributed by atoms with Crippen molar-refractivity contribution < 1.29 is 23.1 Å². The molecule has 7 nitrogen and oxygen atoms in total. The molecule has 0 spiro atoms. The van der Waals surface area contributed by atoms with E-state index in [1.165, 1.54) is 56.3 Å². The van der Waals surface area contributed by atoms with Crippen LogP contribution in [0, 0.1) is 0 Å². The van der Waals surface area contributed by atoms with Crippen molar-refractivity contribution in [3.63, 3.8) is 0 Å². The Balaban J connectivity index is 2.59. The Labute approximate surface area is 166 Å². The second-order valence-electron chi connectivity index (χ2n) is 5.59. The first-order chi connectivity index (χ1) is 12.6. The molecule has 0 radical (unpaired) electrons. The molecule has 0 bridgehead atoms. The summed E-state index contributed by atoms with van der Waals surface area (Å²) >= 11 is 12.1. The highest BCUT2D eigenvalue weighted by atomic mass is 35.5. The highest BCUT2D eigenvalue weighted by Crippen LogP contribution is 2.36. The van der Waals surface area contributed by atoms with Crippen LogP contribution in [0.1, 0.15) is 13.8 Å². The van der Waals surface area contributed by atoms with Crippen LogP contribution in [-0.2, 0) is 19.6 Å². The Hall–Kier alpha value is -2.29. The van der Waals surface area contributed by atoms with Gasteiger partial charge in [0.2, 0.25) is 5.91 Å². The summed E-state index contributed by atoms with van der Waals surface area (Å²) in [5.41, 5.74) is 0.352. The van der Waals surface area contributed by atoms with Crippen LogP contribution in [0.2, 0.25) is 10.0 Å². The molecule has 0 aliphatic heterocycles. The smallest absolute Gasteiger partial charge is 0.327 e. The zero-order valence-corrected chi connectivity index (χ0v) is 16.6.